The summed E-state index contributed by atoms with van der Waals surface area (Å²) in [6, 6.07) is 0.612. The molecular weight excluding hydrogens is 152 g/mol. The standard InChI is InChI=1S/C9H14N2O/c1-8-6-10-7-11(8)9-2-4-12-5-3-9/h6-7,9H,2-5H2,1H3. The van der Waals surface area contributed by atoms with Crippen molar-refractivity contribution in [1.29, 1.82) is 0 Å². The molecule has 0 aromatic carbocycles. The molecule has 0 unspecified atom stereocenters. The molecule has 0 aliphatic carbocycles. The number of hydrogen-bond donors (Lipinski definition) is 0. The lowest BCUT2D eigenvalue weighted by Crippen LogP contribution is -2.19. The fourth-order valence-electron chi connectivity index (χ4n) is 1.72. The molecule has 0 spiro atoms. The zero-order chi connectivity index (χ0) is 8.39. The first-order chi connectivity index (χ1) is 5.88. The van der Waals surface area contributed by atoms with Crippen molar-refractivity contribution in [1.82, 2.24) is 9.55 Å². The van der Waals surface area contributed by atoms with Crippen LogP contribution in [0.4, 0.5) is 0 Å². The summed E-state index contributed by atoms with van der Waals surface area (Å²) < 4.78 is 7.56. The van der Waals surface area contributed by atoms with E-state index in [4.69, 9.17) is 4.74 Å². The molecule has 3 heteroatoms. The topological polar surface area (TPSA) is 27.1 Å². The second-order valence-electron chi connectivity index (χ2n) is 3.29. The predicted octanol–water partition coefficient (Wildman–Crippen LogP) is 1.54. The Morgan fingerprint density at radius 3 is 2.83 bits per heavy atom. The quantitative estimate of drug-likeness (QED) is 0.632. The molecule has 12 heavy (non-hydrogen) atoms. The lowest BCUT2D eigenvalue weighted by Gasteiger charge is -2.24. The first-order valence-electron chi connectivity index (χ1n) is 4.44. The highest BCUT2D eigenvalue weighted by atomic mass is 16.5. The van der Waals surface area contributed by atoms with Gasteiger partial charge in [0, 0.05) is 31.1 Å². The van der Waals surface area contributed by atoms with Crippen molar-refractivity contribution in [2.24, 2.45) is 0 Å². The Morgan fingerprint density at radius 1 is 1.50 bits per heavy atom. The summed E-state index contributed by atoms with van der Waals surface area (Å²) in [6.45, 7) is 3.88. The van der Waals surface area contributed by atoms with Crippen LogP contribution in [0, 0.1) is 6.92 Å². The van der Waals surface area contributed by atoms with Crippen LogP contribution in [-0.2, 0) is 4.74 Å². The number of aromatic nitrogens is 2. The molecule has 1 aliphatic heterocycles. The molecule has 1 aliphatic rings. The summed E-state index contributed by atoms with van der Waals surface area (Å²) in [4.78, 5) is 4.12. The van der Waals surface area contributed by atoms with E-state index < -0.39 is 0 Å². The number of aryl methyl sites for hydroxylation is 1. The maximum Gasteiger partial charge on any atom is 0.0950 e. The Balaban J connectivity index is 2.13. The van der Waals surface area contributed by atoms with Crippen LogP contribution in [0.15, 0.2) is 12.5 Å². The number of hydrogen-bond acceptors (Lipinski definition) is 2. The van der Waals surface area contributed by atoms with E-state index in [-0.39, 0.29) is 0 Å². The average Bonchev–Trinajstić information content (AvgIpc) is 2.53. The Kier molecular flexibility index (Phi) is 2.13. The van der Waals surface area contributed by atoms with Crippen LogP contribution in [0.5, 0.6) is 0 Å². The van der Waals surface area contributed by atoms with Gasteiger partial charge in [0.2, 0.25) is 0 Å². The van der Waals surface area contributed by atoms with Crippen molar-refractivity contribution in [3.63, 3.8) is 0 Å². The third-order valence-electron chi connectivity index (χ3n) is 2.44. The predicted molar refractivity (Wildman–Crippen MR) is 46.1 cm³/mol. The molecule has 66 valence electrons. The van der Waals surface area contributed by atoms with Gasteiger partial charge in [-0.2, -0.15) is 0 Å². The summed E-state index contributed by atoms with van der Waals surface area (Å²) in [5, 5.41) is 0. The highest BCUT2D eigenvalue weighted by molar-refractivity contribution is 4.97. The van der Waals surface area contributed by atoms with E-state index in [0.29, 0.717) is 6.04 Å². The molecule has 1 aromatic heterocycles. The molecule has 0 bridgehead atoms. The Hall–Kier alpha value is -0.830. The van der Waals surface area contributed by atoms with Gasteiger partial charge in [-0.25, -0.2) is 4.98 Å². The first-order valence-corrected chi connectivity index (χ1v) is 4.44. The van der Waals surface area contributed by atoms with E-state index in [1.165, 1.54) is 5.69 Å². The monoisotopic (exact) mass is 166 g/mol. The van der Waals surface area contributed by atoms with Crippen molar-refractivity contribution in [2.45, 2.75) is 25.8 Å². The van der Waals surface area contributed by atoms with Gasteiger partial charge < -0.3 is 9.30 Å². The zero-order valence-corrected chi connectivity index (χ0v) is 7.36. The van der Waals surface area contributed by atoms with E-state index in [0.717, 1.165) is 26.1 Å². The van der Waals surface area contributed by atoms with Crippen LogP contribution in [0.25, 0.3) is 0 Å². The molecule has 1 saturated heterocycles. The maximum absolute atomic E-state index is 5.30. The van der Waals surface area contributed by atoms with Gasteiger partial charge in [0.25, 0.3) is 0 Å². The third-order valence-corrected chi connectivity index (χ3v) is 2.44. The number of ether oxygens (including phenoxy) is 1. The highest BCUT2D eigenvalue weighted by Crippen LogP contribution is 2.21. The Labute approximate surface area is 72.4 Å². The molecule has 2 heterocycles. The van der Waals surface area contributed by atoms with Gasteiger partial charge in [-0.1, -0.05) is 0 Å². The van der Waals surface area contributed by atoms with Crippen molar-refractivity contribution in [3.8, 4) is 0 Å². The smallest absolute Gasteiger partial charge is 0.0950 e. The number of imidazole rings is 1. The van der Waals surface area contributed by atoms with Gasteiger partial charge in [-0.15, -0.1) is 0 Å². The van der Waals surface area contributed by atoms with Crippen LogP contribution < -0.4 is 0 Å². The molecule has 0 radical (unpaired) electrons. The van der Waals surface area contributed by atoms with Crippen LogP contribution in [0.1, 0.15) is 24.6 Å². The maximum atomic E-state index is 5.30. The molecule has 0 amide bonds. The SMILES string of the molecule is Cc1cncn1C1CCOCC1. The highest BCUT2D eigenvalue weighted by Gasteiger charge is 2.15. The molecule has 0 N–H and O–H groups in total. The van der Waals surface area contributed by atoms with E-state index >= 15 is 0 Å². The van der Waals surface area contributed by atoms with Crippen LogP contribution >= 0.6 is 0 Å². The van der Waals surface area contributed by atoms with Crippen LogP contribution in [-0.4, -0.2) is 22.8 Å². The molecular formula is C9H14N2O. The van der Waals surface area contributed by atoms with Crippen molar-refractivity contribution in [3.05, 3.63) is 18.2 Å². The van der Waals surface area contributed by atoms with Crippen LogP contribution in [0.2, 0.25) is 0 Å². The molecule has 0 saturated carbocycles. The van der Waals surface area contributed by atoms with E-state index in [2.05, 4.69) is 16.5 Å². The second kappa shape index (κ2) is 3.27. The molecule has 2 rings (SSSR count). The van der Waals surface area contributed by atoms with Gasteiger partial charge in [-0.3, -0.25) is 0 Å². The molecule has 3 nitrogen and oxygen atoms in total. The fourth-order valence-corrected chi connectivity index (χ4v) is 1.72. The molecule has 0 atom stereocenters. The summed E-state index contributed by atoms with van der Waals surface area (Å²) in [5.74, 6) is 0. The lowest BCUT2D eigenvalue weighted by atomic mass is 10.1. The van der Waals surface area contributed by atoms with E-state index in [1.807, 2.05) is 12.5 Å². The number of nitrogens with zero attached hydrogens (tertiary/aromatic N) is 2. The van der Waals surface area contributed by atoms with Crippen molar-refractivity contribution in [2.75, 3.05) is 13.2 Å². The minimum atomic E-state index is 0.612. The van der Waals surface area contributed by atoms with Gasteiger partial charge in [-0.05, 0) is 19.8 Å². The molecule has 1 aromatic rings. The summed E-state index contributed by atoms with van der Waals surface area (Å²) in [5.41, 5.74) is 1.25. The van der Waals surface area contributed by atoms with Crippen molar-refractivity contribution >= 4 is 0 Å². The lowest BCUT2D eigenvalue weighted by molar-refractivity contribution is 0.0691. The zero-order valence-electron chi connectivity index (χ0n) is 7.36. The van der Waals surface area contributed by atoms with Gasteiger partial charge in [0.1, 0.15) is 0 Å². The normalized spacial score (nSPS) is 19.8. The second-order valence-corrected chi connectivity index (χ2v) is 3.29. The van der Waals surface area contributed by atoms with Gasteiger partial charge in [0.15, 0.2) is 0 Å². The average molecular weight is 166 g/mol. The minimum absolute atomic E-state index is 0.612. The summed E-state index contributed by atoms with van der Waals surface area (Å²) in [6.07, 6.45) is 6.08. The fraction of sp³-hybridized carbons (Fsp3) is 0.667. The minimum Gasteiger partial charge on any atom is -0.381 e. The van der Waals surface area contributed by atoms with E-state index in [1.54, 1.807) is 0 Å². The summed E-state index contributed by atoms with van der Waals surface area (Å²) >= 11 is 0. The number of rotatable bonds is 1. The Morgan fingerprint density at radius 2 is 2.25 bits per heavy atom. The largest absolute Gasteiger partial charge is 0.381 e. The van der Waals surface area contributed by atoms with Gasteiger partial charge in [0.05, 0.1) is 6.33 Å². The van der Waals surface area contributed by atoms with Gasteiger partial charge >= 0.3 is 0 Å². The van der Waals surface area contributed by atoms with Crippen molar-refractivity contribution < 1.29 is 4.74 Å². The summed E-state index contributed by atoms with van der Waals surface area (Å²) in [7, 11) is 0. The van der Waals surface area contributed by atoms with E-state index in [9.17, 15) is 0 Å². The van der Waals surface area contributed by atoms with Crippen LogP contribution in [0.3, 0.4) is 0 Å². The molecule has 1 fully saturated rings. The third kappa shape index (κ3) is 1.37. The Bertz CT molecular complexity index is 251. The first kappa shape index (κ1) is 7.80.